The Bertz CT molecular complexity index is 2330. The van der Waals surface area contributed by atoms with Gasteiger partial charge in [0.15, 0.2) is 10.9 Å². The maximum atomic E-state index is 15.0. The van der Waals surface area contributed by atoms with Gasteiger partial charge in [-0.2, -0.15) is 0 Å². The second-order valence-corrected chi connectivity index (χ2v) is 22.7. The number of rotatable bonds is 17. The molecule has 2 saturated carbocycles. The molecule has 4 heterocycles. The van der Waals surface area contributed by atoms with E-state index in [1.54, 1.807) is 18.1 Å². The van der Waals surface area contributed by atoms with Crippen LogP contribution in [0.5, 0.6) is 11.5 Å². The molecule has 1 amide bonds. The highest BCUT2D eigenvalue weighted by atomic mass is 32.1. The van der Waals surface area contributed by atoms with E-state index in [1.807, 2.05) is 76.6 Å². The summed E-state index contributed by atoms with van der Waals surface area (Å²) >= 11 is 2.80. The number of amides is 1. The molecule has 0 spiro atoms. The number of fused-ring (bicyclic) bond motifs is 1. The fourth-order valence-electron chi connectivity index (χ4n) is 8.81. The molecule has 2 aliphatic carbocycles. The van der Waals surface area contributed by atoms with Crippen LogP contribution in [0.1, 0.15) is 96.7 Å². The summed E-state index contributed by atoms with van der Waals surface area (Å²) < 4.78 is 32.6. The first-order valence-corrected chi connectivity index (χ1v) is 24.8. The van der Waals surface area contributed by atoms with Crippen molar-refractivity contribution in [2.45, 2.75) is 129 Å². The zero-order valence-corrected chi connectivity index (χ0v) is 38.7. The van der Waals surface area contributed by atoms with E-state index in [4.69, 9.17) is 24.2 Å². The molecule has 4 aromatic rings. The Morgan fingerprint density at radius 1 is 1.08 bits per heavy atom. The quantitative estimate of drug-likeness (QED) is 0.0586. The van der Waals surface area contributed by atoms with E-state index in [2.05, 4.69) is 16.9 Å². The topological polar surface area (TPSA) is 170 Å². The van der Waals surface area contributed by atoms with Crippen molar-refractivity contribution in [3.8, 4) is 22.9 Å². The molecule has 3 aliphatic rings. The van der Waals surface area contributed by atoms with E-state index >= 15 is 0 Å². The highest BCUT2D eigenvalue weighted by molar-refractivity contribution is 7.59. The number of ketones is 1. The normalized spacial score (nSPS) is 23.2. The summed E-state index contributed by atoms with van der Waals surface area (Å²) in [7, 11) is -2.41. The lowest BCUT2D eigenvalue weighted by molar-refractivity contribution is -0.156. The predicted molar refractivity (Wildman–Crippen MR) is 240 cm³/mol. The molecule has 3 fully saturated rings. The van der Waals surface area contributed by atoms with Crippen LogP contribution < -0.4 is 14.8 Å². The summed E-state index contributed by atoms with van der Waals surface area (Å²) in [6.45, 7) is 15.6. The number of thiazole rings is 2. The fourth-order valence-corrected chi connectivity index (χ4v) is 13.3. The van der Waals surface area contributed by atoms with E-state index in [1.165, 1.54) is 22.7 Å². The molecular weight excluding hydrogens is 834 g/mol. The number of esters is 1. The molecule has 0 radical (unpaired) electrons. The summed E-state index contributed by atoms with van der Waals surface area (Å²) in [4.78, 5) is 70.7. The first-order chi connectivity index (χ1) is 28.9. The Balaban J connectivity index is 1.22. The number of benzene rings is 1. The molecule has 2 N–H and O–H groups in total. The molecule has 1 aliphatic heterocycles. The average Bonchev–Trinajstić information content (AvgIpc) is 3.76. The zero-order valence-electron chi connectivity index (χ0n) is 36.1. The van der Waals surface area contributed by atoms with Crippen molar-refractivity contribution in [1.82, 2.24) is 19.9 Å². The molecule has 328 valence electrons. The predicted octanol–water partition coefficient (Wildman–Crippen LogP) is 9.21. The van der Waals surface area contributed by atoms with E-state index in [9.17, 15) is 23.8 Å². The molecule has 6 atom stereocenters. The molecule has 61 heavy (non-hydrogen) atoms. The highest BCUT2D eigenvalue weighted by Gasteiger charge is 2.65. The number of allylic oxidation sites excluding steroid dienone is 1. The van der Waals surface area contributed by atoms with Crippen molar-refractivity contribution in [1.29, 1.82) is 0 Å². The summed E-state index contributed by atoms with van der Waals surface area (Å²) in [6.07, 6.45) is 4.44. The van der Waals surface area contributed by atoms with Gasteiger partial charge < -0.3 is 29.3 Å². The van der Waals surface area contributed by atoms with Gasteiger partial charge in [-0.1, -0.05) is 26.8 Å². The lowest BCUT2D eigenvalue weighted by Gasteiger charge is -2.35. The number of hydrogen-bond acceptors (Lipinski definition) is 13. The third kappa shape index (κ3) is 9.90. The number of aryl methyl sites for hydroxylation is 1. The molecule has 3 aromatic heterocycles. The lowest BCUT2D eigenvalue weighted by atomic mass is 9.77. The van der Waals surface area contributed by atoms with Crippen LogP contribution in [-0.4, -0.2) is 85.5 Å². The van der Waals surface area contributed by atoms with E-state index in [-0.39, 0.29) is 61.7 Å². The largest absolute Gasteiger partial charge is 0.497 e. The first-order valence-electron chi connectivity index (χ1n) is 21.2. The number of anilines is 1. The Kier molecular flexibility index (Phi) is 13.2. The second kappa shape index (κ2) is 17.9. The van der Waals surface area contributed by atoms with E-state index in [0.717, 1.165) is 36.5 Å². The van der Waals surface area contributed by atoms with Crippen molar-refractivity contribution in [3.05, 3.63) is 58.4 Å². The van der Waals surface area contributed by atoms with E-state index < -0.39 is 42.0 Å². The molecule has 13 nitrogen and oxygen atoms in total. The Hall–Kier alpha value is -4.17. The van der Waals surface area contributed by atoms with Crippen LogP contribution in [0.2, 0.25) is 0 Å². The molecule has 1 unspecified atom stereocenters. The van der Waals surface area contributed by atoms with Crippen LogP contribution in [0, 0.1) is 24.2 Å². The average molecular weight is 892 g/mol. The van der Waals surface area contributed by atoms with Gasteiger partial charge in [0.2, 0.25) is 13.3 Å². The number of Topliss-reactive ketones (excluding diaryl/α,β-unsaturated/α-hetero) is 1. The SMILES string of the molecule is C=C[C@@H]1C[C@]1(CC(=O)[C@@H]1C[C@@H](Oc2cc(-c3csc(NC(C)C)n3)nc3cc(OC)ccc23)CN1C(=O)[C@@H](CC(=O)OC1CCCC1)C(C)(C)C)P(=O)(O)Cc1nc(C)cs1. The van der Waals surface area contributed by atoms with Gasteiger partial charge in [-0.15, -0.1) is 29.3 Å². The van der Waals surface area contributed by atoms with Gasteiger partial charge in [0.25, 0.3) is 0 Å². The zero-order chi connectivity index (χ0) is 43.9. The number of likely N-dealkylation sites (tertiary alicyclic amines) is 1. The Labute approximate surface area is 366 Å². The third-order valence-corrected chi connectivity index (χ3v) is 17.0. The van der Waals surface area contributed by atoms with Crippen LogP contribution in [-0.2, 0) is 29.8 Å². The maximum Gasteiger partial charge on any atom is 0.306 e. The van der Waals surface area contributed by atoms with Gasteiger partial charge in [-0.25, -0.2) is 15.0 Å². The monoisotopic (exact) mass is 891 g/mol. The minimum absolute atomic E-state index is 0.0566. The number of ether oxygens (including phenoxy) is 3. The second-order valence-electron chi connectivity index (χ2n) is 18.3. The first kappa shape index (κ1) is 44.9. The molecule has 1 saturated heterocycles. The number of carbonyl (C=O) groups is 3. The molecule has 0 bridgehead atoms. The fraction of sp³-hybridized carbons (Fsp3) is 0.556. The smallest absolute Gasteiger partial charge is 0.306 e. The number of aromatic nitrogens is 3. The van der Waals surface area contributed by atoms with E-state index in [0.29, 0.717) is 45.2 Å². The van der Waals surface area contributed by atoms with Crippen LogP contribution in [0.25, 0.3) is 22.3 Å². The van der Waals surface area contributed by atoms with Crippen molar-refractivity contribution >= 4 is 63.7 Å². The minimum atomic E-state index is -3.99. The number of nitrogens with one attached hydrogen (secondary N) is 1. The van der Waals surface area contributed by atoms with Gasteiger partial charge in [0.1, 0.15) is 34.4 Å². The standard InChI is InChI=1S/C45H58N5O8PS2/c1-9-28-20-45(28,59(54,55)23-40-47-27(4)24-60-40)21-38(51)37-17-31(22-50(37)42(53)33(44(5,6)7)18-41(52)58-29-12-10-11-13-29)57-39-19-35(36-25-61-43(49-36)46-26(2)3)48-34-16-30(56-8)14-15-32(34)39/h9,14-16,19,24-26,28-29,31,33,37H,1,10-13,17-18,20-23H2,2-8H3,(H,46,49)(H,54,55)/t28-,31-,33-,37+,45-/m1/s1. The summed E-state index contributed by atoms with van der Waals surface area (Å²) in [5, 5.41) is 7.89. The van der Waals surface area contributed by atoms with Crippen LogP contribution >= 0.6 is 30.0 Å². The van der Waals surface area contributed by atoms with Gasteiger partial charge >= 0.3 is 5.97 Å². The van der Waals surface area contributed by atoms with Crippen molar-refractivity contribution in [3.63, 3.8) is 0 Å². The van der Waals surface area contributed by atoms with Crippen molar-refractivity contribution < 1.29 is 38.1 Å². The summed E-state index contributed by atoms with van der Waals surface area (Å²) in [5.41, 5.74) is 1.95. The number of nitrogens with zero attached hydrogens (tertiary/aromatic N) is 4. The highest BCUT2D eigenvalue weighted by Crippen LogP contribution is 2.74. The van der Waals surface area contributed by atoms with Crippen LogP contribution in [0.15, 0.2) is 47.7 Å². The van der Waals surface area contributed by atoms with Crippen molar-refractivity contribution in [2.75, 3.05) is 19.0 Å². The number of hydrogen-bond donors (Lipinski definition) is 2. The molecule has 16 heteroatoms. The van der Waals surface area contributed by atoms with Gasteiger partial charge in [-0.3, -0.25) is 18.9 Å². The maximum absolute atomic E-state index is 15.0. The number of carbonyl (C=O) groups excluding carboxylic acids is 3. The Morgan fingerprint density at radius 2 is 1.84 bits per heavy atom. The minimum Gasteiger partial charge on any atom is -0.497 e. The van der Waals surface area contributed by atoms with Gasteiger partial charge in [-0.05, 0) is 76.3 Å². The lowest BCUT2D eigenvalue weighted by Crippen LogP contribution is -2.48. The number of methoxy groups -OCH3 is 1. The Morgan fingerprint density at radius 3 is 2.48 bits per heavy atom. The summed E-state index contributed by atoms with van der Waals surface area (Å²) in [5.74, 6) is -1.15. The van der Waals surface area contributed by atoms with Gasteiger partial charge in [0, 0.05) is 52.9 Å². The number of pyridine rings is 1. The van der Waals surface area contributed by atoms with Crippen molar-refractivity contribution in [2.24, 2.45) is 17.3 Å². The summed E-state index contributed by atoms with van der Waals surface area (Å²) in [6, 6.07) is 6.56. The molecular formula is C45H58N5O8PS2. The molecule has 7 rings (SSSR count). The third-order valence-electron chi connectivity index (χ3n) is 12.3. The van der Waals surface area contributed by atoms with Crippen LogP contribution in [0.3, 0.4) is 0 Å². The van der Waals surface area contributed by atoms with Gasteiger partial charge in [0.05, 0.1) is 54.6 Å². The molecule has 1 aromatic carbocycles. The van der Waals surface area contributed by atoms with Crippen LogP contribution in [0.4, 0.5) is 5.13 Å².